The zero-order valence-corrected chi connectivity index (χ0v) is 37.9. The fourth-order valence-corrected chi connectivity index (χ4v) is 8.72. The molecule has 67 heavy (non-hydrogen) atoms. The molecule has 3 aliphatic rings. The summed E-state index contributed by atoms with van der Waals surface area (Å²) in [7, 11) is 0. The molecule has 0 saturated carbocycles. The van der Waals surface area contributed by atoms with Crippen LogP contribution in [-0.2, 0) is 31.1 Å². The van der Waals surface area contributed by atoms with Crippen molar-refractivity contribution in [3.05, 3.63) is 113 Å². The Balaban J connectivity index is 0.688. The van der Waals surface area contributed by atoms with E-state index in [2.05, 4.69) is 46.7 Å². The molecule has 4 amide bonds. The number of carbonyl (C=O) groups excluding carboxylic acids is 4. The molecule has 18 nitrogen and oxygen atoms in total. The van der Waals surface area contributed by atoms with Crippen LogP contribution in [-0.4, -0.2) is 112 Å². The summed E-state index contributed by atoms with van der Waals surface area (Å²) in [6, 6.07) is 21.8. The van der Waals surface area contributed by atoms with Gasteiger partial charge in [0.2, 0.25) is 11.8 Å². The molecule has 1 unspecified atom stereocenters. The number of aromatic nitrogens is 5. The highest BCUT2D eigenvalue weighted by Crippen LogP contribution is 2.35. The van der Waals surface area contributed by atoms with E-state index >= 15 is 0 Å². The van der Waals surface area contributed by atoms with Crippen LogP contribution in [0.25, 0.3) is 11.5 Å². The Morgan fingerprint density at radius 1 is 0.910 bits per heavy atom. The standard InChI is InChI=1S/C49H59N11O7/c1-33(54-45(62)35-10-6-11-36(29-35)57-49(18-21-50-22-19-49)48-56-44(58-59-48)41-17-20-51-32-53-41)34-9-7-12-37(30-34)67-25-5-3-2-4-24-65-27-28-66-26-23-52-40-14-8-13-38-39(40)31-60(47(38)64)42-15-16-43(61)55-46(42)63/h6-14,17,20,29-30,32-33,42,50,52,57H,2-5,15-16,18-19,21-28,31H2,1H3,(H,54,62)(H,55,61,63)(H,56,58,59)/t33-,42?/m1/s1. The average Bonchev–Trinajstić information content (AvgIpc) is 3.99. The molecule has 0 bridgehead atoms. The molecule has 2 saturated heterocycles. The first-order chi connectivity index (χ1) is 32.8. The molecule has 8 rings (SSSR count). The lowest BCUT2D eigenvalue weighted by molar-refractivity contribution is -0.136. The first-order valence-corrected chi connectivity index (χ1v) is 23.2. The Labute approximate surface area is 389 Å². The second-order valence-corrected chi connectivity index (χ2v) is 17.1. The number of nitrogens with one attached hydrogen (secondary N) is 6. The van der Waals surface area contributed by atoms with Crippen molar-refractivity contribution in [1.82, 2.24) is 46.0 Å². The number of unbranched alkanes of at least 4 members (excludes halogenated alkanes) is 3. The summed E-state index contributed by atoms with van der Waals surface area (Å²) >= 11 is 0. The van der Waals surface area contributed by atoms with E-state index in [1.165, 1.54) is 6.33 Å². The molecule has 2 atom stereocenters. The normalized spacial score (nSPS) is 17.1. The summed E-state index contributed by atoms with van der Waals surface area (Å²) in [5, 5.41) is 23.6. The number of carbonyl (C=O) groups is 4. The molecule has 3 aromatic carbocycles. The van der Waals surface area contributed by atoms with Gasteiger partial charge in [-0.1, -0.05) is 30.7 Å². The van der Waals surface area contributed by atoms with Crippen LogP contribution in [0.1, 0.15) is 102 Å². The van der Waals surface area contributed by atoms with E-state index in [4.69, 9.17) is 19.2 Å². The molecule has 0 aliphatic carbocycles. The van der Waals surface area contributed by atoms with E-state index in [0.717, 1.165) is 85.7 Å². The number of benzene rings is 3. The highest BCUT2D eigenvalue weighted by molar-refractivity contribution is 6.06. The molecular weight excluding hydrogens is 855 g/mol. The largest absolute Gasteiger partial charge is 0.494 e. The van der Waals surface area contributed by atoms with Gasteiger partial charge in [-0.05, 0) is 113 Å². The summed E-state index contributed by atoms with van der Waals surface area (Å²) in [6.07, 6.45) is 9.17. The van der Waals surface area contributed by atoms with Crippen LogP contribution < -0.4 is 31.3 Å². The summed E-state index contributed by atoms with van der Waals surface area (Å²) in [4.78, 5) is 65.3. The predicted molar refractivity (Wildman–Crippen MR) is 250 cm³/mol. The van der Waals surface area contributed by atoms with E-state index in [0.29, 0.717) is 75.2 Å². The van der Waals surface area contributed by atoms with Crippen molar-refractivity contribution in [1.29, 1.82) is 0 Å². The molecule has 6 N–H and O–H groups in total. The average molecular weight is 914 g/mol. The minimum absolute atomic E-state index is 0.174. The number of piperidine rings is 2. The van der Waals surface area contributed by atoms with Crippen LogP contribution in [0.4, 0.5) is 11.4 Å². The van der Waals surface area contributed by atoms with Crippen LogP contribution in [0.15, 0.2) is 85.3 Å². The van der Waals surface area contributed by atoms with Gasteiger partial charge in [-0.2, -0.15) is 5.10 Å². The Bertz CT molecular complexity index is 2480. The highest BCUT2D eigenvalue weighted by atomic mass is 16.5. The first kappa shape index (κ1) is 46.8. The maximum Gasteiger partial charge on any atom is 0.255 e. The van der Waals surface area contributed by atoms with Gasteiger partial charge in [0, 0.05) is 60.4 Å². The Kier molecular flexibility index (Phi) is 15.8. The maximum atomic E-state index is 13.6. The number of amides is 4. The molecule has 2 aromatic heterocycles. The van der Waals surface area contributed by atoms with Crippen LogP contribution in [0.2, 0.25) is 0 Å². The van der Waals surface area contributed by atoms with Gasteiger partial charge in [0.05, 0.1) is 38.0 Å². The lowest BCUT2D eigenvalue weighted by Gasteiger charge is -2.37. The fourth-order valence-electron chi connectivity index (χ4n) is 8.72. The van der Waals surface area contributed by atoms with Crippen molar-refractivity contribution >= 4 is 35.0 Å². The lowest BCUT2D eigenvalue weighted by Crippen LogP contribution is -2.52. The molecule has 0 spiro atoms. The number of hydrogen-bond donors (Lipinski definition) is 6. The zero-order chi connectivity index (χ0) is 46.4. The predicted octanol–water partition coefficient (Wildman–Crippen LogP) is 5.29. The van der Waals surface area contributed by atoms with Crippen molar-refractivity contribution in [2.45, 2.75) is 82.5 Å². The highest BCUT2D eigenvalue weighted by Gasteiger charge is 2.40. The third-order valence-corrected chi connectivity index (χ3v) is 12.4. The quantitative estimate of drug-likeness (QED) is 0.0362. The van der Waals surface area contributed by atoms with Crippen LogP contribution in [0.5, 0.6) is 5.75 Å². The van der Waals surface area contributed by atoms with E-state index in [9.17, 15) is 19.2 Å². The summed E-state index contributed by atoms with van der Waals surface area (Å²) in [6.45, 7) is 7.17. The number of H-pyrrole nitrogens is 1. The molecule has 2 fully saturated rings. The molecular formula is C49H59N11O7. The zero-order valence-electron chi connectivity index (χ0n) is 37.9. The number of nitrogens with zero attached hydrogens (tertiary/aromatic N) is 5. The number of imide groups is 1. The van der Waals surface area contributed by atoms with Gasteiger partial charge in [-0.3, -0.25) is 29.6 Å². The van der Waals surface area contributed by atoms with Crippen molar-refractivity contribution < 1.29 is 33.4 Å². The lowest BCUT2D eigenvalue weighted by atomic mass is 9.87. The Morgan fingerprint density at radius 2 is 1.72 bits per heavy atom. The van der Waals surface area contributed by atoms with Crippen molar-refractivity contribution in [2.75, 3.05) is 63.3 Å². The molecule has 3 aliphatic heterocycles. The molecule has 352 valence electrons. The van der Waals surface area contributed by atoms with Crippen molar-refractivity contribution in [3.63, 3.8) is 0 Å². The van der Waals surface area contributed by atoms with Gasteiger partial charge < -0.3 is 40.4 Å². The maximum absolute atomic E-state index is 13.6. The monoisotopic (exact) mass is 913 g/mol. The molecule has 5 aromatic rings. The second-order valence-electron chi connectivity index (χ2n) is 17.1. The van der Waals surface area contributed by atoms with Crippen molar-refractivity contribution in [3.8, 4) is 17.3 Å². The van der Waals surface area contributed by atoms with Gasteiger partial charge in [0.25, 0.3) is 11.8 Å². The van der Waals surface area contributed by atoms with Gasteiger partial charge >= 0.3 is 0 Å². The first-order valence-electron chi connectivity index (χ1n) is 23.2. The summed E-state index contributed by atoms with van der Waals surface area (Å²) in [5.74, 6) is 0.911. The smallest absolute Gasteiger partial charge is 0.255 e. The minimum Gasteiger partial charge on any atom is -0.494 e. The minimum atomic E-state index is -0.642. The van der Waals surface area contributed by atoms with E-state index in [-0.39, 0.29) is 30.2 Å². The van der Waals surface area contributed by atoms with E-state index < -0.39 is 17.5 Å². The number of hydrogen-bond acceptors (Lipinski definition) is 14. The SMILES string of the molecule is C[C@@H](NC(=O)c1cccc(NC2(c3nc(-c4ccncn4)n[nH]3)CCNCC2)c1)c1cccc(OCCCCCCOCCOCCNc2cccc3c2CN(C2CCC(=O)NC2=O)C3=O)c1. The third kappa shape index (κ3) is 12.0. The van der Waals surface area contributed by atoms with Gasteiger partial charge in [-0.25, -0.2) is 15.0 Å². The molecule has 0 radical (unpaired) electrons. The molecule has 18 heteroatoms. The number of aromatic amines is 1. The van der Waals surface area contributed by atoms with Gasteiger partial charge in [0.15, 0.2) is 11.6 Å². The Hall–Kier alpha value is -6.76. The second kappa shape index (κ2) is 22.6. The van der Waals surface area contributed by atoms with Gasteiger partial charge in [-0.15, -0.1) is 0 Å². The topological polar surface area (TPSA) is 227 Å². The number of anilines is 2. The Morgan fingerprint density at radius 3 is 2.54 bits per heavy atom. The third-order valence-electron chi connectivity index (χ3n) is 12.4. The van der Waals surface area contributed by atoms with Crippen molar-refractivity contribution in [2.24, 2.45) is 0 Å². The summed E-state index contributed by atoms with van der Waals surface area (Å²) < 4.78 is 17.6. The number of ether oxygens (including phenoxy) is 3. The summed E-state index contributed by atoms with van der Waals surface area (Å²) in [5.41, 5.74) is 4.71. The van der Waals surface area contributed by atoms with E-state index in [1.807, 2.05) is 67.6 Å². The van der Waals surface area contributed by atoms with E-state index in [1.54, 1.807) is 23.2 Å². The van der Waals surface area contributed by atoms with Gasteiger partial charge in [0.1, 0.15) is 23.8 Å². The number of rotatable bonds is 23. The molecule has 5 heterocycles. The van der Waals surface area contributed by atoms with Crippen LogP contribution in [0, 0.1) is 0 Å². The number of fused-ring (bicyclic) bond motifs is 1. The fraction of sp³-hybridized carbons (Fsp3) is 0.429. The van der Waals surface area contributed by atoms with Crippen LogP contribution >= 0.6 is 0 Å². The van der Waals surface area contributed by atoms with Crippen LogP contribution in [0.3, 0.4) is 0 Å².